The first kappa shape index (κ1) is 33.7. The number of sulfonamides is 1. The van der Waals surface area contributed by atoms with E-state index in [1.165, 1.54) is 23.7 Å². The summed E-state index contributed by atoms with van der Waals surface area (Å²) in [5, 5.41) is 5.91. The number of nitrogens with zero attached hydrogens (tertiary/aromatic N) is 5. The van der Waals surface area contributed by atoms with Gasteiger partial charge in [0.1, 0.15) is 5.39 Å². The monoisotopic (exact) mass is 709 g/mol. The Morgan fingerprint density at radius 3 is 2.57 bits per heavy atom. The molecule has 13 nitrogen and oxygen atoms in total. The minimum atomic E-state index is -3.55. The van der Waals surface area contributed by atoms with Crippen LogP contribution in [0, 0.1) is 0 Å². The SMILES string of the molecule is COc1cc2c(cc1OCCCN1CCCC1C)[nH]c1nc[nH+]c(N3CCN(C(=S)Nc4ccc(S(=O)(=O)N5CCOCC5)cc4)CC3)c12. The number of ether oxygens (including phenoxy) is 3. The number of hydrogen-bond acceptors (Lipinski definition) is 9. The van der Waals surface area contributed by atoms with Crippen molar-refractivity contribution in [2.24, 2.45) is 0 Å². The molecule has 0 saturated carbocycles. The summed E-state index contributed by atoms with van der Waals surface area (Å²) in [5.74, 6) is 2.41. The lowest BCUT2D eigenvalue weighted by atomic mass is 10.1. The van der Waals surface area contributed by atoms with E-state index in [4.69, 9.17) is 26.4 Å². The third-order valence-electron chi connectivity index (χ3n) is 9.83. The number of nitrogens with one attached hydrogen (secondary N) is 3. The topological polar surface area (TPSA) is 130 Å². The van der Waals surface area contributed by atoms with E-state index < -0.39 is 10.0 Å². The van der Waals surface area contributed by atoms with Gasteiger partial charge in [-0.25, -0.2) is 13.4 Å². The molecule has 2 aromatic heterocycles. The lowest BCUT2D eigenvalue weighted by Gasteiger charge is -2.34. The molecule has 1 unspecified atom stereocenters. The molecule has 262 valence electrons. The van der Waals surface area contributed by atoms with Crippen LogP contribution >= 0.6 is 12.2 Å². The summed E-state index contributed by atoms with van der Waals surface area (Å²) in [5.41, 5.74) is 2.49. The second-order valence-corrected chi connectivity index (χ2v) is 15.1. The van der Waals surface area contributed by atoms with E-state index in [0.29, 0.717) is 62.9 Å². The quantitative estimate of drug-likeness (QED) is 0.186. The summed E-state index contributed by atoms with van der Waals surface area (Å²) in [6, 6.07) is 11.5. The van der Waals surface area contributed by atoms with Gasteiger partial charge in [-0.3, -0.25) is 4.90 Å². The fourth-order valence-electron chi connectivity index (χ4n) is 7.03. The highest BCUT2D eigenvalue weighted by Crippen LogP contribution is 2.38. The zero-order valence-electron chi connectivity index (χ0n) is 28.1. The molecule has 0 radical (unpaired) electrons. The first-order chi connectivity index (χ1) is 23.8. The van der Waals surface area contributed by atoms with Gasteiger partial charge in [-0.1, -0.05) is 4.98 Å². The molecule has 3 N–H and O–H groups in total. The second-order valence-electron chi connectivity index (χ2n) is 12.8. The predicted octanol–water partition coefficient (Wildman–Crippen LogP) is 3.33. The number of thiocarbonyl (C=S) groups is 1. The average Bonchev–Trinajstić information content (AvgIpc) is 3.72. The summed E-state index contributed by atoms with van der Waals surface area (Å²) < 4.78 is 44.8. The van der Waals surface area contributed by atoms with E-state index in [-0.39, 0.29) is 4.90 Å². The highest BCUT2D eigenvalue weighted by Gasteiger charge is 2.29. The number of benzene rings is 2. The summed E-state index contributed by atoms with van der Waals surface area (Å²) in [4.78, 5) is 18.8. The van der Waals surface area contributed by atoms with Crippen LogP contribution in [0.5, 0.6) is 11.5 Å². The van der Waals surface area contributed by atoms with E-state index >= 15 is 0 Å². The maximum Gasteiger partial charge on any atom is 0.243 e. The van der Waals surface area contributed by atoms with Crippen LogP contribution in [0.2, 0.25) is 0 Å². The molecular formula is C34H45N8O5S2+. The van der Waals surface area contributed by atoms with Gasteiger partial charge < -0.3 is 34.3 Å². The molecular weight excluding hydrogens is 665 g/mol. The number of aromatic nitrogens is 3. The van der Waals surface area contributed by atoms with Crippen molar-refractivity contribution in [3.05, 3.63) is 42.7 Å². The largest absolute Gasteiger partial charge is 0.493 e. The maximum atomic E-state index is 13.0. The Balaban J connectivity index is 0.989. The van der Waals surface area contributed by atoms with Crippen LogP contribution in [0.15, 0.2) is 47.6 Å². The van der Waals surface area contributed by atoms with Crippen molar-refractivity contribution < 1.29 is 27.6 Å². The van der Waals surface area contributed by atoms with E-state index in [0.717, 1.165) is 65.2 Å². The lowest BCUT2D eigenvalue weighted by molar-refractivity contribution is -0.367. The van der Waals surface area contributed by atoms with Crippen molar-refractivity contribution in [2.75, 3.05) is 89.5 Å². The van der Waals surface area contributed by atoms with Gasteiger partial charge >= 0.3 is 0 Å². The van der Waals surface area contributed by atoms with Crippen molar-refractivity contribution in [3.8, 4) is 11.5 Å². The Labute approximate surface area is 292 Å². The van der Waals surface area contributed by atoms with Gasteiger partial charge in [-0.15, -0.1) is 0 Å². The van der Waals surface area contributed by atoms with Crippen LogP contribution in [-0.4, -0.2) is 123 Å². The number of methoxy groups -OCH3 is 1. The van der Waals surface area contributed by atoms with Gasteiger partial charge in [0.25, 0.3) is 0 Å². The van der Waals surface area contributed by atoms with Gasteiger partial charge in [0.05, 0.1) is 63.5 Å². The van der Waals surface area contributed by atoms with Crippen molar-refractivity contribution >= 4 is 60.8 Å². The summed E-state index contributed by atoms with van der Waals surface area (Å²) >= 11 is 5.76. The second kappa shape index (κ2) is 14.6. The van der Waals surface area contributed by atoms with Crippen molar-refractivity contribution in [2.45, 2.75) is 37.1 Å². The highest BCUT2D eigenvalue weighted by atomic mass is 32.2. The number of H-pyrrole nitrogens is 2. The molecule has 1 atom stereocenters. The van der Waals surface area contributed by atoms with Gasteiger partial charge in [0.2, 0.25) is 27.8 Å². The van der Waals surface area contributed by atoms with Crippen LogP contribution in [-0.2, 0) is 14.8 Å². The van der Waals surface area contributed by atoms with Crippen LogP contribution in [0.3, 0.4) is 0 Å². The summed E-state index contributed by atoms with van der Waals surface area (Å²) in [7, 11) is -1.87. The molecule has 4 aromatic rings. The maximum absolute atomic E-state index is 13.0. The zero-order valence-corrected chi connectivity index (χ0v) is 29.7. The summed E-state index contributed by atoms with van der Waals surface area (Å²) in [6.07, 6.45) is 5.25. The Morgan fingerprint density at radius 2 is 1.86 bits per heavy atom. The average molecular weight is 710 g/mol. The Kier molecular flexibility index (Phi) is 10.1. The van der Waals surface area contributed by atoms with Crippen molar-refractivity contribution in [1.29, 1.82) is 0 Å². The van der Waals surface area contributed by atoms with Crippen molar-refractivity contribution in [3.63, 3.8) is 0 Å². The van der Waals surface area contributed by atoms with E-state index in [2.05, 4.69) is 41.9 Å². The molecule has 7 rings (SSSR count). The molecule has 3 fully saturated rings. The number of aromatic amines is 2. The third kappa shape index (κ3) is 7.13. The summed E-state index contributed by atoms with van der Waals surface area (Å²) in [6.45, 7) is 9.64. The number of hydrogen-bond donors (Lipinski definition) is 2. The minimum absolute atomic E-state index is 0.264. The number of rotatable bonds is 10. The van der Waals surface area contributed by atoms with Gasteiger partial charge in [0.15, 0.2) is 16.6 Å². The minimum Gasteiger partial charge on any atom is -0.493 e. The fourth-order valence-corrected chi connectivity index (χ4v) is 8.74. The molecule has 3 aliphatic rings. The number of anilines is 2. The third-order valence-corrected chi connectivity index (χ3v) is 12.1. The molecule has 0 spiro atoms. The van der Waals surface area contributed by atoms with Gasteiger partial charge in [-0.2, -0.15) is 4.31 Å². The molecule has 2 aromatic carbocycles. The van der Waals surface area contributed by atoms with Crippen molar-refractivity contribution in [1.82, 2.24) is 24.1 Å². The Hall–Kier alpha value is -3.76. The molecule has 0 bridgehead atoms. The highest BCUT2D eigenvalue weighted by molar-refractivity contribution is 7.89. The van der Waals surface area contributed by atoms with Crippen LogP contribution < -0.4 is 24.7 Å². The molecule has 0 aliphatic carbocycles. The smallest absolute Gasteiger partial charge is 0.243 e. The molecule has 3 aliphatic heterocycles. The zero-order chi connectivity index (χ0) is 34.0. The molecule has 3 saturated heterocycles. The normalized spacial score (nSPS) is 19.5. The number of likely N-dealkylation sites (tertiary alicyclic amines) is 1. The standard InChI is InChI=1S/C34H44N8O5S2/c1-24-5-3-10-39(24)11-4-18-47-30-22-28-27(21-29(30)45-2)31-32(38-28)35-23-36-33(31)40-12-14-41(15-13-40)34(48)37-25-6-8-26(9-7-25)49(43,44)42-16-19-46-20-17-42/h6-9,21-24H,3-5,10-20H2,1-2H3,(H,37,48)(H,35,36,38)/p+1. The first-order valence-electron chi connectivity index (χ1n) is 17.1. The van der Waals surface area contributed by atoms with Gasteiger partial charge in [-0.05, 0) is 75.3 Å². The Morgan fingerprint density at radius 1 is 1.08 bits per heavy atom. The lowest BCUT2D eigenvalue weighted by Crippen LogP contribution is -2.51. The molecule has 15 heteroatoms. The van der Waals surface area contributed by atoms with Crippen LogP contribution in [0.25, 0.3) is 21.9 Å². The van der Waals surface area contributed by atoms with E-state index in [9.17, 15) is 8.42 Å². The predicted molar refractivity (Wildman–Crippen MR) is 193 cm³/mol. The van der Waals surface area contributed by atoms with Crippen LogP contribution in [0.4, 0.5) is 11.5 Å². The molecule has 49 heavy (non-hydrogen) atoms. The number of morpholine rings is 1. The van der Waals surface area contributed by atoms with Gasteiger partial charge in [0, 0.05) is 42.8 Å². The molecule has 0 amide bonds. The first-order valence-corrected chi connectivity index (χ1v) is 18.9. The molecule has 5 heterocycles. The van der Waals surface area contributed by atoms with E-state index in [1.807, 2.05) is 12.1 Å². The van der Waals surface area contributed by atoms with E-state index in [1.54, 1.807) is 37.7 Å². The number of fused-ring (bicyclic) bond motifs is 3. The Bertz CT molecular complexity index is 1890. The fraction of sp³-hybridized carbons (Fsp3) is 0.500. The van der Waals surface area contributed by atoms with Crippen LogP contribution in [0.1, 0.15) is 26.2 Å². The number of piperazine rings is 1.